The first kappa shape index (κ1) is 21.4. The number of amides is 2. The predicted molar refractivity (Wildman–Crippen MR) is 107 cm³/mol. The van der Waals surface area contributed by atoms with Crippen LogP contribution < -0.4 is 5.32 Å². The average molecular weight is 395 g/mol. The van der Waals surface area contributed by atoms with Gasteiger partial charge in [0.05, 0.1) is 5.00 Å². The Bertz CT molecular complexity index is 710. The van der Waals surface area contributed by atoms with Crippen molar-refractivity contribution in [3.8, 4) is 0 Å². The van der Waals surface area contributed by atoms with Gasteiger partial charge in [0.15, 0.2) is 6.61 Å². The van der Waals surface area contributed by atoms with E-state index in [9.17, 15) is 14.4 Å². The van der Waals surface area contributed by atoms with Gasteiger partial charge in [-0.1, -0.05) is 20.8 Å². The van der Waals surface area contributed by atoms with E-state index < -0.39 is 11.4 Å². The molecule has 27 heavy (non-hydrogen) atoms. The summed E-state index contributed by atoms with van der Waals surface area (Å²) >= 11 is 1.17. The molecule has 2 atom stereocenters. The van der Waals surface area contributed by atoms with Crippen molar-refractivity contribution >= 4 is 34.1 Å². The van der Waals surface area contributed by atoms with Gasteiger partial charge in [-0.15, -0.1) is 11.3 Å². The summed E-state index contributed by atoms with van der Waals surface area (Å²) in [6.07, 6.45) is 3.07. The number of ether oxygens (including phenoxy) is 1. The lowest BCUT2D eigenvalue weighted by Crippen LogP contribution is -2.49. The number of anilines is 1. The Morgan fingerprint density at radius 3 is 2.37 bits per heavy atom. The molecule has 0 aromatic carbocycles. The molecule has 1 aliphatic heterocycles. The fourth-order valence-electron chi connectivity index (χ4n) is 3.23. The highest BCUT2D eigenvalue weighted by atomic mass is 32.1. The van der Waals surface area contributed by atoms with Crippen LogP contribution >= 0.6 is 11.3 Å². The van der Waals surface area contributed by atoms with E-state index in [0.717, 1.165) is 24.8 Å². The number of rotatable bonds is 4. The SMILES string of the molecule is Cc1cc(NC(=O)C(C)(C)C)sc1C(=O)OCC(=O)N1[C@@H](C)CCC[C@@H]1C. The maximum atomic E-state index is 12.5. The summed E-state index contributed by atoms with van der Waals surface area (Å²) in [6, 6.07) is 2.09. The van der Waals surface area contributed by atoms with Crippen molar-refractivity contribution in [2.75, 3.05) is 11.9 Å². The Hall–Kier alpha value is -1.89. The molecular formula is C20H30N2O4S. The van der Waals surface area contributed by atoms with Crippen LogP contribution in [0.25, 0.3) is 0 Å². The molecule has 2 rings (SSSR count). The Balaban J connectivity index is 1.98. The van der Waals surface area contributed by atoms with E-state index in [0.29, 0.717) is 9.88 Å². The van der Waals surface area contributed by atoms with Gasteiger partial charge in [0, 0.05) is 17.5 Å². The van der Waals surface area contributed by atoms with Crippen LogP contribution in [0, 0.1) is 12.3 Å². The number of piperidine rings is 1. The highest BCUT2D eigenvalue weighted by Gasteiger charge is 2.30. The van der Waals surface area contributed by atoms with Crippen molar-refractivity contribution in [2.45, 2.75) is 72.9 Å². The van der Waals surface area contributed by atoms with Crippen LogP contribution in [0.2, 0.25) is 0 Å². The number of hydrogen-bond donors (Lipinski definition) is 1. The molecule has 1 aromatic heterocycles. The number of carbonyl (C=O) groups excluding carboxylic acids is 3. The second kappa shape index (κ2) is 8.42. The Morgan fingerprint density at radius 1 is 1.22 bits per heavy atom. The zero-order chi connectivity index (χ0) is 20.4. The van der Waals surface area contributed by atoms with Crippen molar-refractivity contribution in [1.29, 1.82) is 0 Å². The Morgan fingerprint density at radius 2 is 1.81 bits per heavy atom. The van der Waals surface area contributed by atoms with Crippen molar-refractivity contribution in [3.05, 3.63) is 16.5 Å². The van der Waals surface area contributed by atoms with E-state index in [-0.39, 0.29) is 30.5 Å². The summed E-state index contributed by atoms with van der Waals surface area (Å²) in [5.41, 5.74) is 0.202. The molecule has 0 radical (unpaired) electrons. The Kier molecular flexibility index (Phi) is 6.68. The van der Waals surface area contributed by atoms with Gasteiger partial charge in [-0.25, -0.2) is 4.79 Å². The van der Waals surface area contributed by atoms with Crippen molar-refractivity contribution in [1.82, 2.24) is 4.90 Å². The molecule has 1 fully saturated rings. The monoisotopic (exact) mass is 394 g/mol. The van der Waals surface area contributed by atoms with Crippen molar-refractivity contribution < 1.29 is 19.1 Å². The van der Waals surface area contributed by atoms with Gasteiger partial charge in [0.25, 0.3) is 5.91 Å². The van der Waals surface area contributed by atoms with Crippen LogP contribution in [0.5, 0.6) is 0 Å². The number of thiophene rings is 1. The first-order valence-corrected chi connectivity index (χ1v) is 10.2. The smallest absolute Gasteiger partial charge is 0.349 e. The molecule has 6 nitrogen and oxygen atoms in total. The minimum absolute atomic E-state index is 0.119. The summed E-state index contributed by atoms with van der Waals surface area (Å²) in [6.45, 7) is 11.1. The average Bonchev–Trinajstić information content (AvgIpc) is 2.92. The largest absolute Gasteiger partial charge is 0.451 e. The predicted octanol–water partition coefficient (Wildman–Crippen LogP) is 3.99. The summed E-state index contributed by atoms with van der Waals surface area (Å²) in [4.78, 5) is 39.3. The van der Waals surface area contributed by atoms with Crippen LogP contribution in [-0.4, -0.2) is 41.4 Å². The molecule has 1 aromatic rings. The number of likely N-dealkylation sites (tertiary alicyclic amines) is 1. The van der Waals surface area contributed by atoms with Gasteiger partial charge in [0.2, 0.25) is 5.91 Å². The molecule has 1 saturated heterocycles. The van der Waals surface area contributed by atoms with Gasteiger partial charge < -0.3 is 15.0 Å². The highest BCUT2D eigenvalue weighted by molar-refractivity contribution is 7.18. The summed E-state index contributed by atoms with van der Waals surface area (Å²) < 4.78 is 5.27. The maximum absolute atomic E-state index is 12.5. The molecule has 1 aliphatic rings. The van der Waals surface area contributed by atoms with Crippen LogP contribution in [-0.2, 0) is 14.3 Å². The second-order valence-electron chi connectivity index (χ2n) is 8.33. The molecule has 2 heterocycles. The lowest BCUT2D eigenvalue weighted by molar-refractivity contribution is -0.140. The fraction of sp³-hybridized carbons (Fsp3) is 0.650. The third-order valence-corrected chi connectivity index (χ3v) is 5.96. The van der Waals surface area contributed by atoms with E-state index in [1.807, 2.05) is 39.5 Å². The molecule has 0 aliphatic carbocycles. The highest BCUT2D eigenvalue weighted by Crippen LogP contribution is 2.29. The topological polar surface area (TPSA) is 75.7 Å². The number of carbonyl (C=O) groups is 3. The van der Waals surface area contributed by atoms with E-state index in [4.69, 9.17) is 4.74 Å². The molecule has 7 heteroatoms. The minimum Gasteiger partial charge on any atom is -0.451 e. The quantitative estimate of drug-likeness (QED) is 0.784. The second-order valence-corrected chi connectivity index (χ2v) is 9.39. The van der Waals surface area contributed by atoms with Crippen molar-refractivity contribution in [3.63, 3.8) is 0 Å². The third kappa shape index (κ3) is 5.31. The maximum Gasteiger partial charge on any atom is 0.349 e. The number of hydrogen-bond acceptors (Lipinski definition) is 5. The van der Waals surface area contributed by atoms with E-state index >= 15 is 0 Å². The lowest BCUT2D eigenvalue weighted by atomic mass is 9.96. The molecule has 0 bridgehead atoms. The molecule has 2 amide bonds. The molecule has 0 unspecified atom stereocenters. The molecule has 1 N–H and O–H groups in total. The van der Waals surface area contributed by atoms with E-state index in [1.165, 1.54) is 11.3 Å². The molecule has 150 valence electrons. The standard InChI is InChI=1S/C20H30N2O4S/c1-12-10-15(21-19(25)20(4,5)6)27-17(12)18(24)26-11-16(23)22-13(2)8-7-9-14(22)3/h10,13-14H,7-9,11H2,1-6H3,(H,21,25)/t13-,14-/m0/s1. The van der Waals surface area contributed by atoms with Gasteiger partial charge in [-0.05, 0) is 51.7 Å². The normalized spacial score (nSPS) is 20.3. The fourth-order valence-corrected chi connectivity index (χ4v) is 4.19. The first-order chi connectivity index (χ1) is 12.5. The third-order valence-electron chi connectivity index (χ3n) is 4.83. The van der Waals surface area contributed by atoms with E-state index in [1.54, 1.807) is 13.0 Å². The van der Waals surface area contributed by atoms with Crippen LogP contribution in [0.4, 0.5) is 5.00 Å². The van der Waals surface area contributed by atoms with E-state index in [2.05, 4.69) is 5.32 Å². The zero-order valence-corrected chi connectivity index (χ0v) is 17.9. The van der Waals surface area contributed by atoms with Crippen LogP contribution in [0.1, 0.15) is 69.1 Å². The zero-order valence-electron chi connectivity index (χ0n) is 17.0. The Labute approximate surface area is 165 Å². The van der Waals surface area contributed by atoms with Gasteiger partial charge >= 0.3 is 5.97 Å². The van der Waals surface area contributed by atoms with Crippen LogP contribution in [0.15, 0.2) is 6.07 Å². The summed E-state index contributed by atoms with van der Waals surface area (Å²) in [7, 11) is 0. The number of nitrogens with one attached hydrogen (secondary N) is 1. The minimum atomic E-state index is -0.528. The van der Waals surface area contributed by atoms with Gasteiger partial charge in [0.1, 0.15) is 4.88 Å². The summed E-state index contributed by atoms with van der Waals surface area (Å²) in [5.74, 6) is -0.801. The number of esters is 1. The van der Waals surface area contributed by atoms with Gasteiger partial charge in [-0.2, -0.15) is 0 Å². The first-order valence-electron chi connectivity index (χ1n) is 9.41. The van der Waals surface area contributed by atoms with Crippen molar-refractivity contribution in [2.24, 2.45) is 5.41 Å². The van der Waals surface area contributed by atoms with Gasteiger partial charge in [-0.3, -0.25) is 9.59 Å². The lowest BCUT2D eigenvalue weighted by Gasteiger charge is -2.38. The summed E-state index contributed by atoms with van der Waals surface area (Å²) in [5, 5.41) is 3.42. The molecule has 0 saturated carbocycles. The number of aryl methyl sites for hydroxylation is 1. The molecule has 0 spiro atoms. The number of nitrogens with zero attached hydrogens (tertiary/aromatic N) is 1. The van der Waals surface area contributed by atoms with Crippen LogP contribution in [0.3, 0.4) is 0 Å². The molecular weight excluding hydrogens is 364 g/mol.